The fraction of sp³-hybridized carbons (Fsp3) is 0.333. The van der Waals surface area contributed by atoms with Crippen LogP contribution in [-0.4, -0.2) is 5.78 Å². The summed E-state index contributed by atoms with van der Waals surface area (Å²) in [7, 11) is 0. The molecular weight excluding hydrogens is 174 g/mol. The van der Waals surface area contributed by atoms with Gasteiger partial charge in [0.05, 0.1) is 5.57 Å². The maximum absolute atomic E-state index is 11.2. The normalized spacial score (nSPS) is 25.4. The number of hydrogen-bond donors (Lipinski definition) is 0. The molecule has 2 heteroatoms. The molecule has 0 aliphatic heterocycles. The Morgan fingerprint density at radius 3 is 3.00 bits per heavy atom. The van der Waals surface area contributed by atoms with Crippen molar-refractivity contribution in [3.63, 3.8) is 0 Å². The minimum atomic E-state index is -0.191. The van der Waals surface area contributed by atoms with Crippen LogP contribution in [0.3, 0.4) is 0 Å². The smallest absolute Gasteiger partial charge is 0.195 e. The second-order valence-corrected chi connectivity index (χ2v) is 3.70. The molecule has 0 aromatic rings. The van der Waals surface area contributed by atoms with Gasteiger partial charge in [0.2, 0.25) is 0 Å². The summed E-state index contributed by atoms with van der Waals surface area (Å²) in [6, 6.07) is 1.92. The second-order valence-electron chi connectivity index (χ2n) is 3.70. The predicted octanol–water partition coefficient (Wildman–Crippen LogP) is 2.55. The van der Waals surface area contributed by atoms with E-state index in [0.717, 1.165) is 12.8 Å². The van der Waals surface area contributed by atoms with Crippen LogP contribution in [0.25, 0.3) is 0 Å². The molecule has 72 valence electrons. The Bertz CT molecular complexity index is 357. The lowest BCUT2D eigenvalue weighted by molar-refractivity contribution is -0.111. The zero-order chi connectivity index (χ0) is 10.6. The molecule has 1 aliphatic carbocycles. The van der Waals surface area contributed by atoms with Crippen molar-refractivity contribution in [1.29, 1.82) is 5.26 Å². The molecule has 1 unspecified atom stereocenters. The maximum Gasteiger partial charge on any atom is 0.195 e. The van der Waals surface area contributed by atoms with E-state index in [2.05, 4.69) is 6.58 Å². The van der Waals surface area contributed by atoms with E-state index >= 15 is 0 Å². The third-order valence-corrected chi connectivity index (χ3v) is 2.36. The van der Waals surface area contributed by atoms with Gasteiger partial charge in [-0.1, -0.05) is 25.2 Å². The highest BCUT2D eigenvalue weighted by atomic mass is 16.1. The molecule has 1 atom stereocenters. The molecule has 0 saturated carbocycles. The van der Waals surface area contributed by atoms with Gasteiger partial charge in [-0.2, -0.15) is 5.26 Å². The molecule has 0 spiro atoms. The van der Waals surface area contributed by atoms with Gasteiger partial charge < -0.3 is 0 Å². The van der Waals surface area contributed by atoms with Gasteiger partial charge in [-0.15, -0.1) is 6.58 Å². The molecule has 1 rings (SSSR count). The van der Waals surface area contributed by atoms with Crippen LogP contribution in [0.2, 0.25) is 0 Å². The Morgan fingerprint density at radius 2 is 2.43 bits per heavy atom. The van der Waals surface area contributed by atoms with Gasteiger partial charge in [-0.25, -0.2) is 0 Å². The first-order chi connectivity index (χ1) is 6.61. The Morgan fingerprint density at radius 1 is 1.71 bits per heavy atom. The number of allylic oxidation sites excluding steroid dienone is 5. The molecule has 0 bridgehead atoms. The molecule has 0 heterocycles. The first-order valence-corrected chi connectivity index (χ1v) is 4.59. The van der Waals surface area contributed by atoms with Crippen LogP contribution < -0.4 is 0 Å². The largest absolute Gasteiger partial charge is 0.289 e. The topological polar surface area (TPSA) is 40.9 Å². The lowest BCUT2D eigenvalue weighted by Gasteiger charge is -2.23. The van der Waals surface area contributed by atoms with Crippen LogP contribution in [0.4, 0.5) is 0 Å². The van der Waals surface area contributed by atoms with Crippen LogP contribution in [0, 0.1) is 16.7 Å². The van der Waals surface area contributed by atoms with E-state index in [9.17, 15) is 4.79 Å². The van der Waals surface area contributed by atoms with Gasteiger partial charge in [-0.3, -0.25) is 4.79 Å². The highest BCUT2D eigenvalue weighted by Crippen LogP contribution is 2.31. The van der Waals surface area contributed by atoms with E-state index in [-0.39, 0.29) is 16.8 Å². The van der Waals surface area contributed by atoms with Crippen LogP contribution in [0.5, 0.6) is 0 Å². The van der Waals surface area contributed by atoms with E-state index in [4.69, 9.17) is 5.26 Å². The number of carbonyl (C=O) groups is 1. The van der Waals surface area contributed by atoms with Gasteiger partial charge in [0.25, 0.3) is 0 Å². The van der Waals surface area contributed by atoms with Crippen LogP contribution in [0.1, 0.15) is 19.8 Å². The summed E-state index contributed by atoms with van der Waals surface area (Å²) in [6.07, 6.45) is 8.70. The van der Waals surface area contributed by atoms with Crippen LogP contribution in [0.15, 0.2) is 36.5 Å². The van der Waals surface area contributed by atoms with Gasteiger partial charge in [-0.05, 0) is 18.9 Å². The summed E-state index contributed by atoms with van der Waals surface area (Å²) in [4.78, 5) is 11.2. The van der Waals surface area contributed by atoms with Crippen LogP contribution in [-0.2, 0) is 4.79 Å². The van der Waals surface area contributed by atoms with E-state index < -0.39 is 0 Å². The number of nitriles is 1. The summed E-state index contributed by atoms with van der Waals surface area (Å²) in [5.74, 6) is -0.191. The van der Waals surface area contributed by atoms with Gasteiger partial charge in [0.15, 0.2) is 5.78 Å². The van der Waals surface area contributed by atoms with E-state index in [1.807, 2.05) is 25.1 Å². The van der Waals surface area contributed by atoms with Crippen molar-refractivity contribution < 1.29 is 4.79 Å². The van der Waals surface area contributed by atoms with E-state index in [0.29, 0.717) is 0 Å². The quantitative estimate of drug-likeness (QED) is 0.637. The number of rotatable bonds is 3. The molecule has 1 aliphatic rings. The number of ketones is 1. The highest BCUT2D eigenvalue weighted by Gasteiger charge is 2.24. The third kappa shape index (κ3) is 2.20. The monoisotopic (exact) mass is 187 g/mol. The molecule has 0 amide bonds. The molecule has 0 N–H and O–H groups in total. The average Bonchev–Trinajstić information content (AvgIpc) is 2.19. The Labute approximate surface area is 84.2 Å². The minimum absolute atomic E-state index is 0.173. The average molecular weight is 187 g/mol. The molecule has 2 nitrogen and oxygen atoms in total. The summed E-state index contributed by atoms with van der Waals surface area (Å²) in [5, 5.41) is 8.73. The summed E-state index contributed by atoms with van der Waals surface area (Å²) in [6.45, 7) is 5.66. The van der Waals surface area contributed by atoms with Crippen molar-refractivity contribution in [1.82, 2.24) is 0 Å². The molecule has 0 aromatic carbocycles. The number of hydrogen-bond acceptors (Lipinski definition) is 2. The first-order valence-electron chi connectivity index (χ1n) is 4.59. The predicted molar refractivity (Wildman–Crippen MR) is 55.4 cm³/mol. The van der Waals surface area contributed by atoms with Crippen molar-refractivity contribution in [3.05, 3.63) is 36.5 Å². The first kappa shape index (κ1) is 10.5. The van der Waals surface area contributed by atoms with Gasteiger partial charge in [0, 0.05) is 5.41 Å². The highest BCUT2D eigenvalue weighted by molar-refractivity contribution is 6.08. The van der Waals surface area contributed by atoms with E-state index in [1.54, 1.807) is 6.08 Å². The van der Waals surface area contributed by atoms with Gasteiger partial charge in [0.1, 0.15) is 6.07 Å². The molecule has 0 radical (unpaired) electrons. The second kappa shape index (κ2) is 4.06. The Balaban J connectivity index is 2.87. The zero-order valence-electron chi connectivity index (χ0n) is 8.29. The molecule has 0 aromatic heterocycles. The lowest BCUT2D eigenvalue weighted by atomic mass is 9.79. The number of carbonyl (C=O) groups excluding carboxylic acids is 1. The number of nitrogens with zero attached hydrogens (tertiary/aromatic N) is 1. The van der Waals surface area contributed by atoms with E-state index in [1.165, 1.54) is 6.08 Å². The minimum Gasteiger partial charge on any atom is -0.289 e. The van der Waals surface area contributed by atoms with Crippen LogP contribution >= 0.6 is 0 Å². The van der Waals surface area contributed by atoms with Crippen molar-refractivity contribution in [2.45, 2.75) is 19.8 Å². The van der Waals surface area contributed by atoms with Gasteiger partial charge >= 0.3 is 0 Å². The zero-order valence-corrected chi connectivity index (χ0v) is 8.29. The molecule has 14 heavy (non-hydrogen) atoms. The van der Waals surface area contributed by atoms with Crippen molar-refractivity contribution in [3.8, 4) is 6.07 Å². The maximum atomic E-state index is 11.2. The summed E-state index contributed by atoms with van der Waals surface area (Å²) >= 11 is 0. The molecular formula is C12H13NO. The fourth-order valence-electron chi connectivity index (χ4n) is 1.46. The molecule has 0 saturated heterocycles. The SMILES string of the molecule is C=CCCC1(C)C=CC(=O)C(C#N)=C1. The third-order valence-electron chi connectivity index (χ3n) is 2.36. The summed E-state index contributed by atoms with van der Waals surface area (Å²) < 4.78 is 0. The lowest BCUT2D eigenvalue weighted by Crippen LogP contribution is -2.17. The Hall–Kier alpha value is -1.62. The van der Waals surface area contributed by atoms with Crippen molar-refractivity contribution in [2.75, 3.05) is 0 Å². The fourth-order valence-corrected chi connectivity index (χ4v) is 1.46. The molecule has 0 fully saturated rings. The Kier molecular flexibility index (Phi) is 3.03. The van der Waals surface area contributed by atoms with Crippen molar-refractivity contribution >= 4 is 5.78 Å². The van der Waals surface area contributed by atoms with Crippen molar-refractivity contribution in [2.24, 2.45) is 5.41 Å². The standard InChI is InChI=1S/C12H13NO/c1-3-4-6-12(2)7-5-11(14)10(8-12)9-13/h3,5,7-8H,1,4,6H2,2H3. The summed E-state index contributed by atoms with van der Waals surface area (Å²) in [5.41, 5.74) is 0.0757.